The molecule has 0 amide bonds. The number of benzene rings is 2. The lowest BCUT2D eigenvalue weighted by atomic mass is 10.2. The second-order valence-electron chi connectivity index (χ2n) is 5.86. The van der Waals surface area contributed by atoms with E-state index in [2.05, 4.69) is 0 Å². The maximum Gasteiger partial charge on any atom is 0.281 e. The largest absolute Gasteiger partial charge is 0.281 e. The molecule has 0 saturated heterocycles. The molecule has 0 bridgehead atoms. The lowest BCUT2D eigenvalue weighted by Gasteiger charge is -2.08. The fraction of sp³-hybridized carbons (Fsp3) is 0.0526. The first-order valence-electron chi connectivity index (χ1n) is 7.71. The summed E-state index contributed by atoms with van der Waals surface area (Å²) < 4.78 is 4.68. The van der Waals surface area contributed by atoms with Crippen molar-refractivity contribution in [1.82, 2.24) is 14.2 Å². The summed E-state index contributed by atoms with van der Waals surface area (Å²) in [6.45, 7) is 1.99. The summed E-state index contributed by atoms with van der Waals surface area (Å²) in [4.78, 5) is 18.0. The van der Waals surface area contributed by atoms with Gasteiger partial charge in [-0.2, -0.15) is 4.52 Å². The molecule has 5 rings (SSSR count). The minimum atomic E-state index is -0.0362. The van der Waals surface area contributed by atoms with Gasteiger partial charge in [-0.3, -0.25) is 4.79 Å². The van der Waals surface area contributed by atoms with Crippen LogP contribution >= 0.6 is 11.3 Å². The molecule has 2 aromatic carbocycles. The van der Waals surface area contributed by atoms with Gasteiger partial charge in [0.25, 0.3) is 5.56 Å². The maximum atomic E-state index is 13.2. The van der Waals surface area contributed by atoms with Crippen molar-refractivity contribution in [3.05, 3.63) is 75.9 Å². The van der Waals surface area contributed by atoms with Gasteiger partial charge in [0.1, 0.15) is 0 Å². The quantitative estimate of drug-likeness (QED) is 0.463. The Bertz CT molecular complexity index is 1280. The van der Waals surface area contributed by atoms with E-state index < -0.39 is 0 Å². The highest BCUT2D eigenvalue weighted by Crippen LogP contribution is 2.29. The number of aromatic nitrogens is 3. The number of nitrogens with zero attached hydrogens (tertiary/aromatic N) is 3. The van der Waals surface area contributed by atoms with E-state index in [4.69, 9.17) is 4.98 Å². The van der Waals surface area contributed by atoms with Crippen molar-refractivity contribution < 1.29 is 0 Å². The Hall–Kier alpha value is -2.92. The van der Waals surface area contributed by atoms with Crippen molar-refractivity contribution in [1.29, 1.82) is 0 Å². The summed E-state index contributed by atoms with van der Waals surface area (Å²) in [5.74, 6) is 0. The van der Waals surface area contributed by atoms with E-state index in [1.807, 2.05) is 71.6 Å². The Kier molecular flexibility index (Phi) is 2.69. The maximum absolute atomic E-state index is 13.2. The highest BCUT2D eigenvalue weighted by atomic mass is 32.1. The van der Waals surface area contributed by atoms with Crippen molar-refractivity contribution >= 4 is 38.1 Å². The van der Waals surface area contributed by atoms with Crippen LogP contribution in [0.1, 0.15) is 5.56 Å². The summed E-state index contributed by atoms with van der Waals surface area (Å²) in [7, 11) is 0. The first-order chi connectivity index (χ1) is 11.7. The fourth-order valence-electron chi connectivity index (χ4n) is 3.19. The van der Waals surface area contributed by atoms with Crippen LogP contribution in [-0.4, -0.2) is 14.2 Å². The van der Waals surface area contributed by atoms with Gasteiger partial charge in [-0.05, 0) is 42.6 Å². The molecule has 0 aliphatic carbocycles. The van der Waals surface area contributed by atoms with E-state index >= 15 is 0 Å². The zero-order chi connectivity index (χ0) is 16.3. The predicted molar refractivity (Wildman–Crippen MR) is 98.4 cm³/mol. The van der Waals surface area contributed by atoms with E-state index in [9.17, 15) is 4.79 Å². The molecule has 0 aliphatic rings. The summed E-state index contributed by atoms with van der Waals surface area (Å²) in [6.07, 6.45) is 0. The molecule has 0 unspecified atom stereocenters. The molecule has 0 saturated carbocycles. The van der Waals surface area contributed by atoms with Crippen molar-refractivity contribution in [2.45, 2.75) is 6.92 Å². The Balaban J connectivity index is 2.07. The zero-order valence-electron chi connectivity index (χ0n) is 12.9. The number of para-hydroxylation sites is 1. The van der Waals surface area contributed by atoms with Gasteiger partial charge >= 0.3 is 0 Å². The van der Waals surface area contributed by atoms with E-state index in [-0.39, 0.29) is 5.56 Å². The molecule has 4 nitrogen and oxygen atoms in total. The van der Waals surface area contributed by atoms with Crippen molar-refractivity contribution in [3.8, 4) is 5.69 Å². The van der Waals surface area contributed by atoms with Crippen LogP contribution in [0, 0.1) is 6.92 Å². The van der Waals surface area contributed by atoms with E-state index in [0.717, 1.165) is 27.0 Å². The third-order valence-corrected chi connectivity index (χ3v) is 5.18. The molecule has 24 heavy (non-hydrogen) atoms. The van der Waals surface area contributed by atoms with Gasteiger partial charge in [0.2, 0.25) is 0 Å². The average molecular weight is 331 g/mol. The molecule has 116 valence electrons. The first kappa shape index (κ1) is 13.5. The smallest absolute Gasteiger partial charge is 0.267 e. The van der Waals surface area contributed by atoms with Crippen LogP contribution in [0.3, 0.4) is 0 Å². The lowest BCUT2D eigenvalue weighted by molar-refractivity contribution is 0.794. The lowest BCUT2D eigenvalue weighted by Crippen LogP contribution is -2.20. The van der Waals surface area contributed by atoms with Gasteiger partial charge in [0.15, 0.2) is 5.65 Å². The number of hydrogen-bond acceptors (Lipinski definition) is 3. The standard InChI is InChI=1S/C19H13N3OS/c1-12-7-8-15-14(11-12)19(23)22-18(20-15)17-16(9-10-24-17)21(22)13-5-3-2-4-6-13/h2-11H,1H3. The van der Waals surface area contributed by atoms with Crippen molar-refractivity contribution in [2.24, 2.45) is 0 Å². The van der Waals surface area contributed by atoms with Crippen LogP contribution < -0.4 is 5.56 Å². The van der Waals surface area contributed by atoms with Gasteiger partial charge in [0, 0.05) is 0 Å². The number of hydrogen-bond donors (Lipinski definition) is 0. The average Bonchev–Trinajstić information content (AvgIpc) is 3.18. The minimum absolute atomic E-state index is 0.0362. The van der Waals surface area contributed by atoms with Gasteiger partial charge in [-0.25, -0.2) is 9.67 Å². The van der Waals surface area contributed by atoms with Crippen LogP contribution in [-0.2, 0) is 0 Å². The molecule has 0 atom stereocenters. The second-order valence-corrected chi connectivity index (χ2v) is 6.77. The molecule has 5 aromatic rings. The Morgan fingerprint density at radius 3 is 2.71 bits per heavy atom. The molecule has 3 heterocycles. The molecule has 0 spiro atoms. The SMILES string of the molecule is Cc1ccc2nc3c4sccc4n(-c4ccccc4)n3c(=O)c2c1. The van der Waals surface area contributed by atoms with E-state index in [0.29, 0.717) is 11.0 Å². The van der Waals surface area contributed by atoms with Crippen LogP contribution in [0.2, 0.25) is 0 Å². The predicted octanol–water partition coefficient (Wildman–Crippen LogP) is 4.16. The van der Waals surface area contributed by atoms with Gasteiger partial charge in [0.05, 0.1) is 26.8 Å². The summed E-state index contributed by atoms with van der Waals surface area (Å²) in [5, 5.41) is 2.69. The highest BCUT2D eigenvalue weighted by molar-refractivity contribution is 7.18. The second kappa shape index (κ2) is 4.79. The molecule has 0 aliphatic heterocycles. The van der Waals surface area contributed by atoms with Gasteiger partial charge < -0.3 is 0 Å². The Labute approximate surface area is 141 Å². The minimum Gasteiger partial charge on any atom is -0.267 e. The summed E-state index contributed by atoms with van der Waals surface area (Å²) in [5.41, 5.74) is 4.43. The van der Waals surface area contributed by atoms with E-state index in [1.54, 1.807) is 15.9 Å². The molecule has 0 fully saturated rings. The molecule has 3 aromatic heterocycles. The van der Waals surface area contributed by atoms with Crippen LogP contribution in [0.4, 0.5) is 0 Å². The Morgan fingerprint density at radius 1 is 1.04 bits per heavy atom. The normalized spacial score (nSPS) is 11.7. The highest BCUT2D eigenvalue weighted by Gasteiger charge is 2.17. The number of aryl methyl sites for hydroxylation is 1. The third-order valence-electron chi connectivity index (χ3n) is 4.28. The topological polar surface area (TPSA) is 39.3 Å². The van der Waals surface area contributed by atoms with Gasteiger partial charge in [-0.15, -0.1) is 11.3 Å². The molecule has 0 N–H and O–H groups in total. The third kappa shape index (κ3) is 1.73. The van der Waals surface area contributed by atoms with E-state index in [1.165, 1.54) is 0 Å². The number of thiophene rings is 1. The van der Waals surface area contributed by atoms with Crippen LogP contribution in [0.25, 0.3) is 32.5 Å². The number of rotatable bonds is 1. The monoisotopic (exact) mass is 331 g/mol. The molecule has 5 heteroatoms. The summed E-state index contributed by atoms with van der Waals surface area (Å²) >= 11 is 1.61. The summed E-state index contributed by atoms with van der Waals surface area (Å²) in [6, 6.07) is 17.8. The van der Waals surface area contributed by atoms with Crippen LogP contribution in [0.5, 0.6) is 0 Å². The molecule has 0 radical (unpaired) electrons. The molecular formula is C19H13N3OS. The van der Waals surface area contributed by atoms with Crippen LogP contribution in [0.15, 0.2) is 64.8 Å². The van der Waals surface area contributed by atoms with Crippen molar-refractivity contribution in [2.75, 3.05) is 0 Å². The number of fused-ring (bicyclic) bond motifs is 4. The zero-order valence-corrected chi connectivity index (χ0v) is 13.7. The first-order valence-corrected chi connectivity index (χ1v) is 8.59. The fourth-order valence-corrected chi connectivity index (χ4v) is 4.04. The molecular weight excluding hydrogens is 318 g/mol. The van der Waals surface area contributed by atoms with Crippen molar-refractivity contribution in [3.63, 3.8) is 0 Å². The Morgan fingerprint density at radius 2 is 1.88 bits per heavy atom. The van der Waals surface area contributed by atoms with Gasteiger partial charge in [-0.1, -0.05) is 29.8 Å².